The van der Waals surface area contributed by atoms with E-state index in [4.69, 9.17) is 5.73 Å². The Labute approximate surface area is 105 Å². The summed E-state index contributed by atoms with van der Waals surface area (Å²) in [6, 6.07) is 4.69. The van der Waals surface area contributed by atoms with Gasteiger partial charge >= 0.3 is 0 Å². The van der Waals surface area contributed by atoms with Gasteiger partial charge in [0.1, 0.15) is 0 Å². The van der Waals surface area contributed by atoms with Crippen LogP contribution in [0.25, 0.3) is 0 Å². The lowest BCUT2D eigenvalue weighted by atomic mass is 9.88. The molecule has 1 fully saturated rings. The molecule has 0 aromatic heterocycles. The van der Waals surface area contributed by atoms with Crippen LogP contribution in [0.5, 0.6) is 0 Å². The second-order valence-corrected chi connectivity index (χ2v) is 5.51. The maximum absolute atomic E-state index is 6.40. The molecule has 2 rings (SSSR count). The van der Waals surface area contributed by atoms with Crippen LogP contribution in [-0.2, 0) is 0 Å². The van der Waals surface area contributed by atoms with Crippen LogP contribution < -0.4 is 11.1 Å². The van der Waals surface area contributed by atoms with E-state index in [1.807, 2.05) is 0 Å². The second kappa shape index (κ2) is 5.19. The Bertz CT molecular complexity index is 369. The second-order valence-electron chi connectivity index (χ2n) is 5.51. The van der Waals surface area contributed by atoms with Gasteiger partial charge in [0.15, 0.2) is 0 Å². The highest BCUT2D eigenvalue weighted by Gasteiger charge is 2.20. The Morgan fingerprint density at radius 2 is 1.94 bits per heavy atom. The van der Waals surface area contributed by atoms with Gasteiger partial charge in [-0.15, -0.1) is 0 Å². The first-order valence-corrected chi connectivity index (χ1v) is 6.62. The molecule has 0 aliphatic carbocycles. The van der Waals surface area contributed by atoms with Crippen molar-refractivity contribution in [2.75, 3.05) is 13.1 Å². The summed E-state index contributed by atoms with van der Waals surface area (Å²) in [7, 11) is 0. The number of nitrogens with one attached hydrogen (secondary N) is 1. The molecule has 1 heterocycles. The van der Waals surface area contributed by atoms with Gasteiger partial charge < -0.3 is 11.1 Å². The predicted molar refractivity (Wildman–Crippen MR) is 73.2 cm³/mol. The number of benzene rings is 1. The summed E-state index contributed by atoms with van der Waals surface area (Å²) < 4.78 is 0. The van der Waals surface area contributed by atoms with E-state index in [-0.39, 0.29) is 6.04 Å². The number of aryl methyl sites for hydroxylation is 3. The fourth-order valence-corrected chi connectivity index (χ4v) is 3.17. The van der Waals surface area contributed by atoms with Crippen molar-refractivity contribution in [1.29, 1.82) is 0 Å². The standard InChI is InChI=1S/C15H24N2/c1-10-6-11(2)15(12(3)7-10)14(16)8-13-4-5-17-9-13/h6-7,13-14,17H,4-5,8-9,16H2,1-3H3. The third kappa shape index (κ3) is 2.88. The Morgan fingerprint density at radius 1 is 1.29 bits per heavy atom. The van der Waals surface area contributed by atoms with Gasteiger partial charge in [-0.25, -0.2) is 0 Å². The van der Waals surface area contributed by atoms with Crippen molar-refractivity contribution in [2.45, 2.75) is 39.7 Å². The number of hydrogen-bond donors (Lipinski definition) is 2. The third-order valence-electron chi connectivity index (χ3n) is 3.86. The fourth-order valence-electron chi connectivity index (χ4n) is 3.17. The molecule has 17 heavy (non-hydrogen) atoms. The van der Waals surface area contributed by atoms with Crippen molar-refractivity contribution >= 4 is 0 Å². The predicted octanol–water partition coefficient (Wildman–Crippen LogP) is 2.61. The lowest BCUT2D eigenvalue weighted by molar-refractivity contribution is 0.471. The molecule has 1 saturated heterocycles. The van der Waals surface area contributed by atoms with Crippen LogP contribution in [0.1, 0.15) is 41.1 Å². The zero-order valence-electron chi connectivity index (χ0n) is 11.2. The molecule has 0 spiro atoms. The molecule has 1 aliphatic rings. The van der Waals surface area contributed by atoms with Crippen LogP contribution in [0.4, 0.5) is 0 Å². The normalized spacial score (nSPS) is 21.8. The van der Waals surface area contributed by atoms with Crippen molar-refractivity contribution in [2.24, 2.45) is 11.7 Å². The molecule has 1 aromatic carbocycles. The summed E-state index contributed by atoms with van der Waals surface area (Å²) >= 11 is 0. The smallest absolute Gasteiger partial charge is 0.0303 e. The average molecular weight is 232 g/mol. The van der Waals surface area contributed by atoms with E-state index in [1.165, 1.54) is 28.7 Å². The first-order chi connectivity index (χ1) is 8.08. The molecule has 2 unspecified atom stereocenters. The van der Waals surface area contributed by atoms with Crippen LogP contribution in [-0.4, -0.2) is 13.1 Å². The first-order valence-electron chi connectivity index (χ1n) is 6.62. The van der Waals surface area contributed by atoms with Crippen molar-refractivity contribution in [1.82, 2.24) is 5.32 Å². The number of hydrogen-bond acceptors (Lipinski definition) is 2. The van der Waals surface area contributed by atoms with Crippen LogP contribution in [0, 0.1) is 26.7 Å². The van der Waals surface area contributed by atoms with E-state index in [9.17, 15) is 0 Å². The summed E-state index contributed by atoms with van der Waals surface area (Å²) in [4.78, 5) is 0. The van der Waals surface area contributed by atoms with E-state index in [1.54, 1.807) is 0 Å². The van der Waals surface area contributed by atoms with E-state index < -0.39 is 0 Å². The Kier molecular flexibility index (Phi) is 3.85. The Hall–Kier alpha value is -0.860. The molecular weight excluding hydrogens is 208 g/mol. The number of rotatable bonds is 3. The third-order valence-corrected chi connectivity index (χ3v) is 3.86. The molecular formula is C15H24N2. The van der Waals surface area contributed by atoms with Crippen LogP contribution >= 0.6 is 0 Å². The first kappa shape index (κ1) is 12.6. The Balaban J connectivity index is 2.15. The van der Waals surface area contributed by atoms with Gasteiger partial charge in [-0.1, -0.05) is 17.7 Å². The molecule has 1 aromatic rings. The molecule has 0 bridgehead atoms. The summed E-state index contributed by atoms with van der Waals surface area (Å²) in [5.74, 6) is 0.755. The SMILES string of the molecule is Cc1cc(C)c(C(N)CC2CCNC2)c(C)c1. The van der Waals surface area contributed by atoms with Crippen molar-refractivity contribution in [3.8, 4) is 0 Å². The quantitative estimate of drug-likeness (QED) is 0.840. The minimum absolute atomic E-state index is 0.195. The van der Waals surface area contributed by atoms with Gasteiger partial charge in [0.2, 0.25) is 0 Å². The van der Waals surface area contributed by atoms with Crippen LogP contribution in [0.2, 0.25) is 0 Å². The summed E-state index contributed by atoms with van der Waals surface area (Å²) in [6.07, 6.45) is 2.38. The van der Waals surface area contributed by atoms with E-state index in [2.05, 4.69) is 38.2 Å². The van der Waals surface area contributed by atoms with Gasteiger partial charge in [0.05, 0.1) is 0 Å². The van der Waals surface area contributed by atoms with Gasteiger partial charge in [0, 0.05) is 6.04 Å². The molecule has 0 saturated carbocycles. The lowest BCUT2D eigenvalue weighted by Gasteiger charge is -2.21. The van der Waals surface area contributed by atoms with Crippen molar-refractivity contribution in [3.63, 3.8) is 0 Å². The molecule has 2 nitrogen and oxygen atoms in total. The summed E-state index contributed by atoms with van der Waals surface area (Å²) in [5.41, 5.74) is 11.8. The fraction of sp³-hybridized carbons (Fsp3) is 0.600. The molecule has 1 aliphatic heterocycles. The molecule has 94 valence electrons. The van der Waals surface area contributed by atoms with Crippen molar-refractivity contribution in [3.05, 3.63) is 34.4 Å². The van der Waals surface area contributed by atoms with E-state index >= 15 is 0 Å². The maximum atomic E-state index is 6.40. The van der Waals surface area contributed by atoms with Crippen molar-refractivity contribution < 1.29 is 0 Å². The number of nitrogens with two attached hydrogens (primary N) is 1. The molecule has 0 radical (unpaired) electrons. The van der Waals surface area contributed by atoms with Crippen LogP contribution in [0.3, 0.4) is 0 Å². The maximum Gasteiger partial charge on any atom is 0.0303 e. The molecule has 2 heteroatoms. The summed E-state index contributed by atoms with van der Waals surface area (Å²) in [6.45, 7) is 8.81. The van der Waals surface area contributed by atoms with Crippen LogP contribution in [0.15, 0.2) is 12.1 Å². The average Bonchev–Trinajstić information content (AvgIpc) is 2.68. The monoisotopic (exact) mass is 232 g/mol. The molecule has 3 N–H and O–H groups in total. The van der Waals surface area contributed by atoms with E-state index in [0.717, 1.165) is 25.4 Å². The zero-order valence-corrected chi connectivity index (χ0v) is 11.2. The minimum atomic E-state index is 0.195. The largest absolute Gasteiger partial charge is 0.324 e. The van der Waals surface area contributed by atoms with Gasteiger partial charge in [-0.3, -0.25) is 0 Å². The summed E-state index contributed by atoms with van der Waals surface area (Å²) in [5, 5.41) is 3.41. The highest BCUT2D eigenvalue weighted by atomic mass is 14.9. The highest BCUT2D eigenvalue weighted by Crippen LogP contribution is 2.28. The molecule has 2 atom stereocenters. The van der Waals surface area contributed by atoms with Gasteiger partial charge in [-0.2, -0.15) is 0 Å². The van der Waals surface area contributed by atoms with Gasteiger partial charge in [0.25, 0.3) is 0 Å². The molecule has 0 amide bonds. The lowest BCUT2D eigenvalue weighted by Crippen LogP contribution is -2.19. The van der Waals surface area contributed by atoms with E-state index in [0.29, 0.717) is 0 Å². The topological polar surface area (TPSA) is 38.0 Å². The minimum Gasteiger partial charge on any atom is -0.324 e. The zero-order chi connectivity index (χ0) is 12.4. The van der Waals surface area contributed by atoms with Gasteiger partial charge in [-0.05, 0) is 69.3 Å². The Morgan fingerprint density at radius 3 is 2.47 bits per heavy atom. The highest BCUT2D eigenvalue weighted by molar-refractivity contribution is 5.39.